The smallest absolute Gasteiger partial charge is 0.411 e. The van der Waals surface area contributed by atoms with Gasteiger partial charge in [0.05, 0.1) is 24.7 Å². The Balaban J connectivity index is 1.57. The zero-order valence-corrected chi connectivity index (χ0v) is 25.0. The minimum absolute atomic E-state index is 0.0230. The van der Waals surface area contributed by atoms with Crippen LogP contribution in [0.5, 0.6) is 5.75 Å². The zero-order valence-electron chi connectivity index (χ0n) is 24.1. The third-order valence-electron chi connectivity index (χ3n) is 7.49. The number of amides is 2. The average molecular weight is 622 g/mol. The Morgan fingerprint density at radius 1 is 1.11 bits per heavy atom. The average Bonchev–Trinajstić information content (AvgIpc) is 3.51. The first kappa shape index (κ1) is 30.5. The molecule has 0 saturated carbocycles. The van der Waals surface area contributed by atoms with Crippen molar-refractivity contribution in [1.82, 2.24) is 9.88 Å². The number of pyridine rings is 1. The minimum atomic E-state index is -3.03. The van der Waals surface area contributed by atoms with Crippen LogP contribution in [0.3, 0.4) is 0 Å². The second-order valence-corrected chi connectivity index (χ2v) is 11.2. The number of carbonyl (C=O) groups excluding carboxylic acids is 2. The Morgan fingerprint density at radius 3 is 2.66 bits per heavy atom. The first-order valence-corrected chi connectivity index (χ1v) is 15.1. The molecule has 5 rings (SSSR count). The van der Waals surface area contributed by atoms with Gasteiger partial charge < -0.3 is 25.4 Å². The van der Waals surface area contributed by atoms with Crippen molar-refractivity contribution in [2.45, 2.75) is 36.7 Å². The standard InChI is InChI=1S/C31H32FN5O6S/c1-3-43-21-8-10-25(32)23(17-21)28(35-19-6-9-22-18(15-19)12-13-34-29(22)33)30(38)37-14-4-5-26(37)24-16-20(36-31(39)42-2)7-11-27(24)44(40)41/h6-13,15-17,26,28,35,44H,3-5,14H2,1-2H3,(H2,33,34)(H,36,39)/t26-,28+/m1/s1. The monoisotopic (exact) mass is 621 g/mol. The summed E-state index contributed by atoms with van der Waals surface area (Å²) >= 11 is 0. The van der Waals surface area contributed by atoms with Crippen LogP contribution in [0, 0.1) is 5.82 Å². The summed E-state index contributed by atoms with van der Waals surface area (Å²) in [5.41, 5.74) is 7.27. The van der Waals surface area contributed by atoms with E-state index in [9.17, 15) is 18.0 Å². The Morgan fingerprint density at radius 2 is 1.91 bits per heavy atom. The lowest BCUT2D eigenvalue weighted by molar-refractivity contribution is -0.133. The number of ether oxygens (including phenoxy) is 2. The third kappa shape index (κ3) is 6.37. The molecular weight excluding hydrogens is 589 g/mol. The third-order valence-corrected chi connectivity index (χ3v) is 8.29. The van der Waals surface area contributed by atoms with Crippen LogP contribution in [0.4, 0.5) is 26.4 Å². The van der Waals surface area contributed by atoms with E-state index in [-0.39, 0.29) is 10.5 Å². The fourth-order valence-electron chi connectivity index (χ4n) is 5.48. The van der Waals surface area contributed by atoms with Gasteiger partial charge in [-0.25, -0.2) is 22.6 Å². The summed E-state index contributed by atoms with van der Waals surface area (Å²) in [4.78, 5) is 32.0. The normalized spacial score (nSPS) is 15.3. The molecule has 0 unspecified atom stereocenters. The number of benzene rings is 3. The molecule has 11 nitrogen and oxygen atoms in total. The lowest BCUT2D eigenvalue weighted by Gasteiger charge is -2.31. The number of hydrogen-bond donors (Lipinski definition) is 4. The molecule has 2 amide bonds. The lowest BCUT2D eigenvalue weighted by Crippen LogP contribution is -2.38. The summed E-state index contributed by atoms with van der Waals surface area (Å²) in [6.45, 7) is 2.45. The number of hydrogen-bond acceptors (Lipinski definition) is 9. The van der Waals surface area contributed by atoms with Gasteiger partial charge in [-0.05, 0) is 91.4 Å². The molecule has 0 aliphatic carbocycles. The SMILES string of the molecule is CCOc1ccc(F)c([C@H](Nc2ccc3c(N)nccc3c2)C(=O)N2CCC[C@@H]2c2cc(NC(=O)OC)ccc2[SH](=O)=O)c1. The van der Waals surface area contributed by atoms with Crippen LogP contribution < -0.4 is 21.1 Å². The molecule has 4 N–H and O–H groups in total. The van der Waals surface area contributed by atoms with Crippen LogP contribution in [0.25, 0.3) is 10.8 Å². The number of fused-ring (bicyclic) bond motifs is 1. The highest BCUT2D eigenvalue weighted by Gasteiger charge is 2.37. The summed E-state index contributed by atoms with van der Waals surface area (Å²) < 4.78 is 50.3. The predicted octanol–water partition coefficient (Wildman–Crippen LogP) is 5.02. The highest BCUT2D eigenvalue weighted by atomic mass is 32.2. The van der Waals surface area contributed by atoms with Crippen molar-refractivity contribution in [3.8, 4) is 5.75 Å². The van der Waals surface area contributed by atoms with Crippen molar-refractivity contribution in [3.05, 3.63) is 83.8 Å². The fourth-order valence-corrected chi connectivity index (χ4v) is 6.10. The molecule has 13 heteroatoms. The number of nitrogens with zero attached hydrogens (tertiary/aromatic N) is 2. The van der Waals surface area contributed by atoms with E-state index < -0.39 is 40.6 Å². The molecule has 1 fully saturated rings. The summed E-state index contributed by atoms with van der Waals surface area (Å²) in [5, 5.41) is 7.25. The van der Waals surface area contributed by atoms with E-state index in [1.54, 1.807) is 42.3 Å². The molecule has 0 radical (unpaired) electrons. The van der Waals surface area contributed by atoms with Gasteiger partial charge in [-0.3, -0.25) is 10.1 Å². The van der Waals surface area contributed by atoms with Crippen molar-refractivity contribution in [1.29, 1.82) is 0 Å². The second-order valence-electron chi connectivity index (χ2n) is 10.2. The number of likely N-dealkylation sites (tertiary alicyclic amines) is 1. The number of nitrogens with one attached hydrogen (secondary N) is 2. The fraction of sp³-hybridized carbons (Fsp3) is 0.258. The molecule has 44 heavy (non-hydrogen) atoms. The Kier molecular flexibility index (Phi) is 9.14. The molecule has 230 valence electrons. The molecule has 1 aliphatic rings. The maximum atomic E-state index is 15.5. The first-order chi connectivity index (χ1) is 21.2. The van der Waals surface area contributed by atoms with Crippen molar-refractivity contribution >= 4 is 50.7 Å². The van der Waals surface area contributed by atoms with Gasteiger partial charge in [0.1, 0.15) is 23.4 Å². The van der Waals surface area contributed by atoms with E-state index in [0.717, 1.165) is 10.8 Å². The Bertz CT molecular complexity index is 1790. The highest BCUT2D eigenvalue weighted by Crippen LogP contribution is 2.39. The molecular formula is C31H32FN5O6S. The molecule has 3 aromatic carbocycles. The quantitative estimate of drug-likeness (QED) is 0.189. The van der Waals surface area contributed by atoms with Gasteiger partial charge in [0.15, 0.2) is 10.7 Å². The van der Waals surface area contributed by atoms with Gasteiger partial charge in [-0.2, -0.15) is 0 Å². The number of nitrogens with two attached hydrogens (primary N) is 1. The van der Waals surface area contributed by atoms with Gasteiger partial charge in [-0.15, -0.1) is 0 Å². The van der Waals surface area contributed by atoms with Crippen molar-refractivity contribution in [2.75, 3.05) is 36.6 Å². The summed E-state index contributed by atoms with van der Waals surface area (Å²) in [5.74, 6) is -0.329. The van der Waals surface area contributed by atoms with E-state index in [0.29, 0.717) is 54.5 Å². The van der Waals surface area contributed by atoms with Crippen molar-refractivity contribution in [3.63, 3.8) is 0 Å². The largest absolute Gasteiger partial charge is 0.494 e. The van der Waals surface area contributed by atoms with E-state index in [4.69, 9.17) is 10.5 Å². The van der Waals surface area contributed by atoms with Gasteiger partial charge in [-0.1, -0.05) is 0 Å². The summed E-state index contributed by atoms with van der Waals surface area (Å²) in [6.07, 6.45) is 1.89. The number of carbonyl (C=O) groups is 2. The van der Waals surface area contributed by atoms with E-state index in [2.05, 4.69) is 20.4 Å². The summed E-state index contributed by atoms with van der Waals surface area (Å²) in [7, 11) is -1.82. The van der Waals surface area contributed by atoms with Gasteiger partial charge >= 0.3 is 6.09 Å². The van der Waals surface area contributed by atoms with Crippen molar-refractivity contribution in [2.24, 2.45) is 0 Å². The number of nitrogen functional groups attached to an aromatic ring is 1. The zero-order chi connectivity index (χ0) is 31.4. The number of thiol groups is 1. The van der Waals surface area contributed by atoms with Crippen LogP contribution in [-0.2, 0) is 20.2 Å². The molecule has 2 heterocycles. The molecule has 0 spiro atoms. The minimum Gasteiger partial charge on any atom is -0.494 e. The molecule has 4 aromatic rings. The Labute approximate surface area is 255 Å². The number of rotatable bonds is 9. The van der Waals surface area contributed by atoms with Crippen LogP contribution in [0.15, 0.2) is 71.8 Å². The maximum Gasteiger partial charge on any atom is 0.411 e. The molecule has 1 saturated heterocycles. The molecule has 2 atom stereocenters. The highest BCUT2D eigenvalue weighted by molar-refractivity contribution is 7.72. The molecule has 1 aliphatic heterocycles. The van der Waals surface area contributed by atoms with Crippen molar-refractivity contribution < 1.29 is 31.9 Å². The molecule has 1 aromatic heterocycles. The summed E-state index contributed by atoms with van der Waals surface area (Å²) in [6, 6.07) is 13.8. The Hall–Kier alpha value is -4.91. The first-order valence-electron chi connectivity index (χ1n) is 14.0. The molecule has 0 bridgehead atoms. The topological polar surface area (TPSA) is 153 Å². The van der Waals surface area contributed by atoms with Crippen LogP contribution in [-0.4, -0.2) is 50.6 Å². The number of anilines is 3. The van der Waals surface area contributed by atoms with E-state index in [1.165, 1.54) is 43.5 Å². The number of methoxy groups -OCH3 is 1. The van der Waals surface area contributed by atoms with Crippen LogP contribution >= 0.6 is 0 Å². The number of aromatic nitrogens is 1. The second kappa shape index (κ2) is 13.2. The van der Waals surface area contributed by atoms with Crippen LogP contribution in [0.1, 0.15) is 43.0 Å². The van der Waals surface area contributed by atoms with Gasteiger partial charge in [0, 0.05) is 35.1 Å². The van der Waals surface area contributed by atoms with Gasteiger partial charge in [0.25, 0.3) is 0 Å². The van der Waals surface area contributed by atoms with Crippen LogP contribution in [0.2, 0.25) is 0 Å². The van der Waals surface area contributed by atoms with E-state index in [1.807, 2.05) is 0 Å². The predicted molar refractivity (Wildman–Crippen MR) is 165 cm³/mol. The lowest BCUT2D eigenvalue weighted by atomic mass is 10.00. The van der Waals surface area contributed by atoms with Gasteiger partial charge in [0.2, 0.25) is 5.91 Å². The maximum absolute atomic E-state index is 15.5. The number of halogens is 1. The van der Waals surface area contributed by atoms with E-state index >= 15 is 4.39 Å².